The molecule has 4 rings (SSSR count). The lowest BCUT2D eigenvalue weighted by Crippen LogP contribution is -2.60. The average Bonchev–Trinajstić information content (AvgIpc) is 2.83. The van der Waals surface area contributed by atoms with Crippen LogP contribution in [0.5, 0.6) is 0 Å². The molecule has 36 heavy (non-hydrogen) atoms. The number of nitrogens with one attached hydrogen (secondary N) is 2. The Morgan fingerprint density at radius 1 is 1.17 bits per heavy atom. The van der Waals surface area contributed by atoms with Crippen LogP contribution in [-0.2, 0) is 17.4 Å². The van der Waals surface area contributed by atoms with Crippen LogP contribution in [0.3, 0.4) is 0 Å². The first-order valence-corrected chi connectivity index (χ1v) is 11.9. The zero-order valence-electron chi connectivity index (χ0n) is 19.1. The Bertz CT molecular complexity index is 1410. The molecule has 4 amide bonds. The van der Waals surface area contributed by atoms with Gasteiger partial charge in [-0.25, -0.2) is 9.59 Å². The van der Waals surface area contributed by atoms with E-state index in [0.29, 0.717) is 5.56 Å². The number of benzene rings is 2. The fourth-order valence-corrected chi connectivity index (χ4v) is 4.15. The minimum Gasteiger partial charge on any atom is -0.609 e. The van der Waals surface area contributed by atoms with Gasteiger partial charge in [0.2, 0.25) is 0 Å². The van der Waals surface area contributed by atoms with Crippen LogP contribution in [0, 0.1) is 6.92 Å². The van der Waals surface area contributed by atoms with E-state index in [1.165, 1.54) is 37.7 Å². The maximum atomic E-state index is 13.4. The molecule has 0 radical (unpaired) electrons. The van der Waals surface area contributed by atoms with Gasteiger partial charge in [0.05, 0.1) is 18.8 Å². The Kier molecular flexibility index (Phi) is 6.32. The highest BCUT2D eigenvalue weighted by molar-refractivity contribution is 7.90. The summed E-state index contributed by atoms with van der Waals surface area (Å²) in [5.41, 5.74) is -0.263. The highest BCUT2D eigenvalue weighted by atomic mass is 32.2. The van der Waals surface area contributed by atoms with Crippen LogP contribution in [0.1, 0.15) is 31.8 Å². The summed E-state index contributed by atoms with van der Waals surface area (Å²) in [6.07, 6.45) is -2.07. The maximum Gasteiger partial charge on any atom is 0.434 e. The van der Waals surface area contributed by atoms with E-state index in [4.69, 9.17) is 0 Å². The predicted octanol–water partition coefficient (Wildman–Crippen LogP) is 4.12. The number of halogens is 3. The van der Waals surface area contributed by atoms with E-state index in [9.17, 15) is 32.1 Å². The van der Waals surface area contributed by atoms with Gasteiger partial charge in [0, 0.05) is 34.1 Å². The van der Waals surface area contributed by atoms with E-state index < -0.39 is 45.2 Å². The fraction of sp³-hybridized carbons (Fsp3) is 0.174. The number of fused-ring (bicyclic) bond motifs is 1. The molecular formula is C23H19F3N5O4S+. The van der Waals surface area contributed by atoms with E-state index in [0.717, 1.165) is 18.2 Å². The summed E-state index contributed by atoms with van der Waals surface area (Å²) in [5, 5.41) is 5.01. The van der Waals surface area contributed by atoms with Gasteiger partial charge >= 0.3 is 23.3 Å². The molecule has 1 aliphatic heterocycles. The molecule has 0 saturated carbocycles. The number of anilines is 2. The third kappa shape index (κ3) is 4.43. The Morgan fingerprint density at radius 3 is 2.56 bits per heavy atom. The molecule has 1 aliphatic rings. The van der Waals surface area contributed by atoms with Crippen molar-refractivity contribution in [1.82, 2.24) is 14.5 Å². The SMILES string of the molecule is Cc1ccc(NC(=O)c2cccc(C(F)(F)F)c2)cc1[N+]1(C)C(=O)Nc2nc([S+](C)[O-])ncc2C1=O. The number of urea groups is 1. The van der Waals surface area contributed by atoms with Crippen molar-refractivity contribution in [3.8, 4) is 0 Å². The van der Waals surface area contributed by atoms with Gasteiger partial charge in [-0.1, -0.05) is 12.1 Å². The van der Waals surface area contributed by atoms with E-state index in [2.05, 4.69) is 20.6 Å². The van der Waals surface area contributed by atoms with Crippen molar-refractivity contribution in [2.45, 2.75) is 18.3 Å². The Balaban J connectivity index is 1.68. The lowest BCUT2D eigenvalue weighted by molar-refractivity contribution is -0.137. The van der Waals surface area contributed by atoms with Gasteiger partial charge in [-0.05, 0) is 31.2 Å². The molecule has 2 atom stereocenters. The molecule has 2 aromatic carbocycles. The second kappa shape index (κ2) is 9.00. The molecule has 1 aromatic heterocycles. The Hall–Kier alpha value is -3.81. The number of hydrogen-bond donors (Lipinski definition) is 2. The number of carbonyl (C=O) groups excluding carboxylic acids is 3. The molecule has 0 saturated heterocycles. The topological polar surface area (TPSA) is 124 Å². The van der Waals surface area contributed by atoms with Gasteiger partial charge in [0.15, 0.2) is 11.5 Å². The minimum atomic E-state index is -4.61. The lowest BCUT2D eigenvalue weighted by Gasteiger charge is -2.33. The van der Waals surface area contributed by atoms with Crippen molar-refractivity contribution in [2.75, 3.05) is 23.9 Å². The Labute approximate surface area is 206 Å². The van der Waals surface area contributed by atoms with Crippen LogP contribution in [0.4, 0.5) is 35.2 Å². The fourth-order valence-electron chi connectivity index (χ4n) is 3.73. The second-order valence-corrected chi connectivity index (χ2v) is 9.42. The van der Waals surface area contributed by atoms with Gasteiger partial charge in [-0.3, -0.25) is 10.1 Å². The molecule has 13 heteroatoms. The first kappa shape index (κ1) is 25.3. The van der Waals surface area contributed by atoms with Crippen molar-refractivity contribution in [3.05, 3.63) is 70.9 Å². The second-order valence-electron chi connectivity index (χ2n) is 8.14. The summed E-state index contributed by atoms with van der Waals surface area (Å²) in [7, 11) is 1.35. The molecule has 186 valence electrons. The number of quaternary nitrogens is 1. The van der Waals surface area contributed by atoms with Gasteiger partial charge in [-0.2, -0.15) is 23.1 Å². The molecule has 3 aromatic rings. The van der Waals surface area contributed by atoms with Gasteiger partial charge in [0.1, 0.15) is 11.8 Å². The van der Waals surface area contributed by atoms with Crippen molar-refractivity contribution >= 4 is 46.2 Å². The first-order chi connectivity index (χ1) is 16.8. The summed E-state index contributed by atoms with van der Waals surface area (Å²) in [6, 6.07) is 7.68. The smallest absolute Gasteiger partial charge is 0.434 e. The summed E-state index contributed by atoms with van der Waals surface area (Å²) >= 11 is -1.53. The predicted molar refractivity (Wildman–Crippen MR) is 126 cm³/mol. The van der Waals surface area contributed by atoms with E-state index in [1.807, 2.05) is 0 Å². The van der Waals surface area contributed by atoms with Crippen molar-refractivity contribution in [3.63, 3.8) is 0 Å². The van der Waals surface area contributed by atoms with E-state index in [-0.39, 0.29) is 33.5 Å². The highest BCUT2D eigenvalue weighted by Gasteiger charge is 2.50. The molecule has 2 N–H and O–H groups in total. The van der Waals surface area contributed by atoms with Crippen LogP contribution in [0.15, 0.2) is 53.8 Å². The number of alkyl halides is 3. The number of aryl methyl sites for hydroxylation is 1. The molecule has 9 nitrogen and oxygen atoms in total. The van der Waals surface area contributed by atoms with Gasteiger partial charge < -0.3 is 9.87 Å². The van der Waals surface area contributed by atoms with Crippen molar-refractivity contribution in [1.29, 1.82) is 0 Å². The maximum absolute atomic E-state index is 13.4. The van der Waals surface area contributed by atoms with Crippen LogP contribution < -0.4 is 15.1 Å². The average molecular weight is 518 g/mol. The number of hydrogen-bond acceptors (Lipinski definition) is 6. The monoisotopic (exact) mass is 518 g/mol. The zero-order valence-corrected chi connectivity index (χ0v) is 20.0. The summed E-state index contributed by atoms with van der Waals surface area (Å²) < 4.78 is 49.9. The van der Waals surface area contributed by atoms with Crippen LogP contribution in [-0.4, -0.2) is 45.7 Å². The molecule has 0 aliphatic carbocycles. The largest absolute Gasteiger partial charge is 0.609 e. The molecule has 0 fully saturated rings. The first-order valence-electron chi connectivity index (χ1n) is 10.4. The number of imide groups is 1. The van der Waals surface area contributed by atoms with Gasteiger partial charge in [-0.15, -0.1) is 4.48 Å². The molecule has 0 spiro atoms. The third-order valence-corrected chi connectivity index (χ3v) is 6.40. The third-order valence-electron chi connectivity index (χ3n) is 5.69. The molecular weight excluding hydrogens is 499 g/mol. The summed E-state index contributed by atoms with van der Waals surface area (Å²) in [6.45, 7) is 1.66. The summed E-state index contributed by atoms with van der Waals surface area (Å²) in [4.78, 5) is 47.1. The number of carbonyl (C=O) groups is 3. The number of aromatic nitrogens is 2. The quantitative estimate of drug-likeness (QED) is 0.304. The number of rotatable bonds is 4. The molecule has 2 unspecified atom stereocenters. The molecule has 0 bridgehead atoms. The number of nitrogens with zero attached hydrogens (tertiary/aromatic N) is 3. The van der Waals surface area contributed by atoms with E-state index >= 15 is 0 Å². The van der Waals surface area contributed by atoms with Gasteiger partial charge in [0.25, 0.3) is 5.91 Å². The highest BCUT2D eigenvalue weighted by Crippen LogP contribution is 2.36. The molecule has 2 heterocycles. The van der Waals surface area contributed by atoms with E-state index in [1.54, 1.807) is 13.0 Å². The lowest BCUT2D eigenvalue weighted by atomic mass is 10.1. The standard InChI is InChI=1S/C23H18F3N5O4S/c1-12-7-8-15(28-19(32)13-5-4-6-14(9-13)23(24,25)26)10-17(12)31(2)20(33)16-11-27-21(36(3)35)29-18(16)30-22(31)34/h4-11H,1-3H3,(H-,27,28,29,30,32,33,34)/p+1. The summed E-state index contributed by atoms with van der Waals surface area (Å²) in [5.74, 6) is -1.52. The minimum absolute atomic E-state index is 0.00380. The van der Waals surface area contributed by atoms with Crippen molar-refractivity contribution in [2.24, 2.45) is 0 Å². The Morgan fingerprint density at radius 2 is 1.89 bits per heavy atom. The van der Waals surface area contributed by atoms with Crippen LogP contribution in [0.25, 0.3) is 0 Å². The number of amides is 4. The van der Waals surface area contributed by atoms with Crippen LogP contribution in [0.2, 0.25) is 0 Å². The van der Waals surface area contributed by atoms with Crippen LogP contribution >= 0.6 is 0 Å². The zero-order chi connectivity index (χ0) is 26.4. The normalized spacial score (nSPS) is 18.3. The van der Waals surface area contributed by atoms with Crippen molar-refractivity contribution < 1.29 is 32.1 Å².